The number of furan rings is 1. The summed E-state index contributed by atoms with van der Waals surface area (Å²) in [5, 5.41) is 10.7. The third-order valence-electron chi connectivity index (χ3n) is 9.63. The van der Waals surface area contributed by atoms with Gasteiger partial charge in [0.15, 0.2) is 17.1 Å². The SMILES string of the molecule is C[C@@H]1CC2C3C[C@H](F)C4=CC(=O)C=C[C@]4(C)[C@@]3(F)[C@@H](O)C[C@]2(C)[C@@]1(OC(=O)c1ccco1)C(=O)SOCF. The lowest BCUT2D eigenvalue weighted by molar-refractivity contribution is -0.221. The lowest BCUT2D eigenvalue weighted by Gasteiger charge is -2.63. The lowest BCUT2D eigenvalue weighted by Crippen LogP contribution is -2.70. The van der Waals surface area contributed by atoms with Gasteiger partial charge in [-0.15, -0.1) is 0 Å². The van der Waals surface area contributed by atoms with Crippen LogP contribution in [0.5, 0.6) is 0 Å². The highest BCUT2D eigenvalue weighted by Crippen LogP contribution is 2.72. The maximum atomic E-state index is 17.4. The Labute approximate surface area is 222 Å². The van der Waals surface area contributed by atoms with Gasteiger partial charge in [-0.1, -0.05) is 19.9 Å². The van der Waals surface area contributed by atoms with E-state index < -0.39 is 75.9 Å². The van der Waals surface area contributed by atoms with Crippen LogP contribution in [0.4, 0.5) is 13.2 Å². The molecule has 1 N–H and O–H groups in total. The van der Waals surface area contributed by atoms with Crippen LogP contribution in [0.3, 0.4) is 0 Å². The van der Waals surface area contributed by atoms with E-state index in [1.807, 2.05) is 0 Å². The number of aliphatic hydroxyl groups excluding tert-OH is 1. The maximum absolute atomic E-state index is 17.4. The molecule has 1 heterocycles. The summed E-state index contributed by atoms with van der Waals surface area (Å²) in [5.74, 6) is -4.11. The van der Waals surface area contributed by atoms with Crippen molar-refractivity contribution >= 4 is 28.9 Å². The predicted octanol–water partition coefficient (Wildman–Crippen LogP) is 4.86. The number of carbonyl (C=O) groups is 3. The number of ketones is 1. The molecule has 0 amide bonds. The molecule has 0 aromatic carbocycles. The molecular weight excluding hydrogens is 525 g/mol. The molecule has 4 aliphatic rings. The van der Waals surface area contributed by atoms with E-state index in [4.69, 9.17) is 9.15 Å². The summed E-state index contributed by atoms with van der Waals surface area (Å²) in [6.45, 7) is 3.47. The van der Waals surface area contributed by atoms with Gasteiger partial charge in [0.05, 0.1) is 24.4 Å². The molecule has 0 aliphatic heterocycles. The van der Waals surface area contributed by atoms with Crippen LogP contribution in [0.1, 0.15) is 50.6 Å². The molecule has 3 saturated carbocycles. The lowest BCUT2D eigenvalue weighted by atomic mass is 9.44. The van der Waals surface area contributed by atoms with Crippen LogP contribution >= 0.6 is 12.0 Å². The van der Waals surface area contributed by atoms with Gasteiger partial charge in [0, 0.05) is 22.7 Å². The molecule has 0 saturated heterocycles. The van der Waals surface area contributed by atoms with E-state index in [0.717, 1.165) is 6.08 Å². The Balaban J connectivity index is 1.63. The van der Waals surface area contributed by atoms with Crippen molar-refractivity contribution in [3.63, 3.8) is 0 Å². The summed E-state index contributed by atoms with van der Waals surface area (Å²) in [5.41, 5.74) is -7.32. The molecule has 0 spiro atoms. The first-order valence-corrected chi connectivity index (χ1v) is 13.2. The van der Waals surface area contributed by atoms with Crippen molar-refractivity contribution < 1.29 is 46.0 Å². The van der Waals surface area contributed by atoms with Crippen LogP contribution in [-0.2, 0) is 18.5 Å². The number of ether oxygens (including phenoxy) is 1. The maximum Gasteiger partial charge on any atom is 0.375 e. The number of hydrogen-bond donors (Lipinski definition) is 1. The number of halogens is 3. The van der Waals surface area contributed by atoms with E-state index in [0.29, 0.717) is 0 Å². The normalized spacial score (nSPS) is 43.6. The molecule has 7 nitrogen and oxygen atoms in total. The summed E-state index contributed by atoms with van der Waals surface area (Å²) in [6, 6.07) is 2.82. The number of alkyl halides is 3. The minimum Gasteiger partial charge on any atom is -0.457 e. The van der Waals surface area contributed by atoms with E-state index in [1.54, 1.807) is 13.8 Å². The van der Waals surface area contributed by atoms with E-state index in [2.05, 4.69) is 4.18 Å². The van der Waals surface area contributed by atoms with Crippen molar-refractivity contribution in [1.29, 1.82) is 0 Å². The zero-order valence-electron chi connectivity index (χ0n) is 21.1. The fraction of sp³-hybridized carbons (Fsp3) is 0.593. The minimum absolute atomic E-state index is 0.0177. The number of hydrogen-bond acceptors (Lipinski definition) is 8. The second kappa shape index (κ2) is 9.09. The highest BCUT2D eigenvalue weighted by Gasteiger charge is 2.78. The monoisotopic (exact) mass is 554 g/mol. The number of rotatable bonds is 5. The molecular formula is C27H29F3O7S. The number of aliphatic hydroxyl groups is 1. The quantitative estimate of drug-likeness (QED) is 0.407. The third kappa shape index (κ3) is 3.40. The zero-order valence-corrected chi connectivity index (χ0v) is 21.9. The Hall–Kier alpha value is -2.37. The highest BCUT2D eigenvalue weighted by molar-refractivity contribution is 8.09. The molecule has 1 aromatic rings. The molecule has 206 valence electrons. The Morgan fingerprint density at radius 2 is 2.00 bits per heavy atom. The van der Waals surface area contributed by atoms with Crippen molar-refractivity contribution in [1.82, 2.24) is 0 Å². The van der Waals surface area contributed by atoms with Crippen molar-refractivity contribution in [2.24, 2.45) is 28.6 Å². The van der Waals surface area contributed by atoms with E-state index in [-0.39, 0.29) is 42.6 Å². The first-order chi connectivity index (χ1) is 17.9. The average molecular weight is 555 g/mol. The van der Waals surface area contributed by atoms with Gasteiger partial charge in [-0.25, -0.2) is 18.0 Å². The van der Waals surface area contributed by atoms with Gasteiger partial charge in [0.2, 0.25) is 12.6 Å². The number of esters is 1. The van der Waals surface area contributed by atoms with Crippen molar-refractivity contribution in [3.8, 4) is 0 Å². The molecule has 38 heavy (non-hydrogen) atoms. The number of allylic oxidation sites excluding steroid dienone is 4. The number of carbonyl (C=O) groups excluding carboxylic acids is 3. The van der Waals surface area contributed by atoms with Crippen LogP contribution in [0, 0.1) is 28.6 Å². The molecule has 4 aliphatic carbocycles. The van der Waals surface area contributed by atoms with Gasteiger partial charge in [0.1, 0.15) is 6.17 Å². The van der Waals surface area contributed by atoms with Gasteiger partial charge >= 0.3 is 5.97 Å². The fourth-order valence-corrected chi connectivity index (χ4v) is 8.70. The summed E-state index contributed by atoms with van der Waals surface area (Å²) in [4.78, 5) is 38.8. The average Bonchev–Trinajstić information content (AvgIpc) is 3.48. The van der Waals surface area contributed by atoms with Crippen LogP contribution in [0.25, 0.3) is 0 Å². The van der Waals surface area contributed by atoms with Gasteiger partial charge < -0.3 is 14.3 Å². The molecule has 9 atom stereocenters. The second-order valence-corrected chi connectivity index (χ2v) is 12.0. The van der Waals surface area contributed by atoms with Gasteiger partial charge in [-0.3, -0.25) is 13.8 Å². The highest BCUT2D eigenvalue weighted by atomic mass is 32.2. The van der Waals surface area contributed by atoms with Crippen LogP contribution in [0.15, 0.2) is 46.6 Å². The standard InChI is InChI=1S/C27H29F3O7S/c1-14-9-16-17-11-19(29)18-10-15(31)6-7-24(18,2)26(17,30)21(32)12-25(16,3)27(14,23(34)38-36-13-28)37-22(33)20-5-4-8-35-20/h4-8,10,14,16-17,19,21,32H,9,11-13H2,1-3H3/t14-,16?,17?,19+,21+,24+,25+,26+,27+/m1/s1. The molecule has 11 heteroatoms. The Morgan fingerprint density at radius 3 is 2.66 bits per heavy atom. The van der Waals surface area contributed by atoms with Crippen LogP contribution < -0.4 is 0 Å². The Morgan fingerprint density at radius 1 is 1.26 bits per heavy atom. The van der Waals surface area contributed by atoms with E-state index in [9.17, 15) is 23.9 Å². The summed E-state index contributed by atoms with van der Waals surface area (Å²) in [6.07, 6.45) is 1.02. The minimum atomic E-state index is -2.37. The van der Waals surface area contributed by atoms with Gasteiger partial charge in [-0.2, -0.15) is 0 Å². The molecule has 1 aromatic heterocycles. The second-order valence-electron chi connectivity index (χ2n) is 11.2. The first-order valence-electron chi connectivity index (χ1n) is 12.5. The predicted molar refractivity (Wildman–Crippen MR) is 130 cm³/mol. The van der Waals surface area contributed by atoms with Crippen LogP contribution in [0.2, 0.25) is 0 Å². The molecule has 0 radical (unpaired) electrons. The molecule has 3 fully saturated rings. The Kier molecular flexibility index (Phi) is 6.51. The van der Waals surface area contributed by atoms with Gasteiger partial charge in [-0.05, 0) is 62.0 Å². The van der Waals surface area contributed by atoms with Crippen molar-refractivity contribution in [2.75, 3.05) is 6.86 Å². The van der Waals surface area contributed by atoms with Crippen LogP contribution in [-0.4, -0.2) is 52.4 Å². The molecule has 5 rings (SSSR count). The van der Waals surface area contributed by atoms with Crippen molar-refractivity contribution in [2.45, 2.75) is 63.6 Å². The summed E-state index contributed by atoms with van der Waals surface area (Å²) < 4.78 is 61.7. The van der Waals surface area contributed by atoms with E-state index >= 15 is 8.78 Å². The molecule has 2 unspecified atom stereocenters. The number of fused-ring (bicyclic) bond motifs is 5. The smallest absolute Gasteiger partial charge is 0.375 e. The molecule has 0 bridgehead atoms. The summed E-state index contributed by atoms with van der Waals surface area (Å²) >= 11 is 0.189. The third-order valence-corrected chi connectivity index (χ3v) is 10.3. The van der Waals surface area contributed by atoms with E-state index in [1.165, 1.54) is 37.5 Å². The Bertz CT molecular complexity index is 1220. The fourth-order valence-electron chi connectivity index (χ4n) is 7.95. The zero-order chi connectivity index (χ0) is 27.7. The topological polar surface area (TPSA) is 103 Å². The van der Waals surface area contributed by atoms with Gasteiger partial charge in [0.25, 0.3) is 5.12 Å². The van der Waals surface area contributed by atoms with Crippen molar-refractivity contribution in [3.05, 3.63) is 48.0 Å². The largest absolute Gasteiger partial charge is 0.457 e. The summed E-state index contributed by atoms with van der Waals surface area (Å²) in [7, 11) is 0. The first kappa shape index (κ1) is 27.2.